The lowest BCUT2D eigenvalue weighted by Gasteiger charge is -2.06. The van der Waals surface area contributed by atoms with Gasteiger partial charge >= 0.3 is 5.97 Å². The lowest BCUT2D eigenvalue weighted by molar-refractivity contribution is 0.0599. The molecule has 0 radical (unpaired) electrons. The van der Waals surface area contributed by atoms with Crippen molar-refractivity contribution in [2.45, 2.75) is 18.4 Å². The van der Waals surface area contributed by atoms with E-state index in [1.165, 1.54) is 31.4 Å². The fourth-order valence-corrected chi connectivity index (χ4v) is 3.22. The van der Waals surface area contributed by atoms with Crippen LogP contribution in [0.15, 0.2) is 33.6 Å². The molecule has 0 aliphatic heterocycles. The van der Waals surface area contributed by atoms with Crippen molar-refractivity contribution in [2.75, 3.05) is 7.11 Å². The standard InChI is InChI=1S/C14H13Cl2NO5S/c1-8-11(14(18)21-2)5-9(22-8)7-17-23(19,20)10-3-4-12(15)13(16)6-10/h3-6,17H,7H2,1-2H3. The van der Waals surface area contributed by atoms with Crippen LogP contribution in [0.3, 0.4) is 0 Å². The number of nitrogens with one attached hydrogen (secondary N) is 1. The van der Waals surface area contributed by atoms with Gasteiger partial charge in [-0.05, 0) is 31.2 Å². The summed E-state index contributed by atoms with van der Waals surface area (Å²) < 4.78 is 36.7. The van der Waals surface area contributed by atoms with Crippen molar-refractivity contribution in [2.24, 2.45) is 0 Å². The van der Waals surface area contributed by atoms with Gasteiger partial charge < -0.3 is 9.15 Å². The van der Waals surface area contributed by atoms with E-state index in [4.69, 9.17) is 27.6 Å². The molecule has 0 aliphatic rings. The Morgan fingerprint density at radius 3 is 2.57 bits per heavy atom. The van der Waals surface area contributed by atoms with Crippen LogP contribution in [0, 0.1) is 6.92 Å². The maximum atomic E-state index is 12.2. The summed E-state index contributed by atoms with van der Waals surface area (Å²) in [5.74, 6) is 0.0805. The summed E-state index contributed by atoms with van der Waals surface area (Å²) in [6, 6.07) is 5.41. The highest BCUT2D eigenvalue weighted by Crippen LogP contribution is 2.25. The maximum Gasteiger partial charge on any atom is 0.341 e. The van der Waals surface area contributed by atoms with Crippen LogP contribution >= 0.6 is 23.2 Å². The number of furan rings is 1. The summed E-state index contributed by atoms with van der Waals surface area (Å²) in [5.41, 5.74) is 0.247. The van der Waals surface area contributed by atoms with E-state index >= 15 is 0 Å². The Balaban J connectivity index is 2.16. The van der Waals surface area contributed by atoms with Gasteiger partial charge in [0, 0.05) is 0 Å². The summed E-state index contributed by atoms with van der Waals surface area (Å²) in [6.07, 6.45) is 0. The first-order valence-corrected chi connectivity index (χ1v) is 8.61. The quantitative estimate of drug-likeness (QED) is 0.808. The van der Waals surface area contributed by atoms with Gasteiger partial charge in [-0.2, -0.15) is 0 Å². The van der Waals surface area contributed by atoms with Gasteiger partial charge in [0.15, 0.2) is 0 Å². The fourth-order valence-electron chi connectivity index (χ4n) is 1.84. The number of aryl methyl sites for hydroxylation is 1. The summed E-state index contributed by atoms with van der Waals surface area (Å²) in [5, 5.41) is 0.395. The summed E-state index contributed by atoms with van der Waals surface area (Å²) >= 11 is 11.6. The number of halogens is 2. The third-order valence-electron chi connectivity index (χ3n) is 3.01. The van der Waals surface area contributed by atoms with Gasteiger partial charge in [0.2, 0.25) is 10.0 Å². The number of hydrogen-bond acceptors (Lipinski definition) is 5. The Morgan fingerprint density at radius 2 is 1.96 bits per heavy atom. The van der Waals surface area contributed by atoms with Gasteiger partial charge in [0.1, 0.15) is 17.1 Å². The predicted molar refractivity (Wildman–Crippen MR) is 85.3 cm³/mol. The third kappa shape index (κ3) is 4.06. The molecule has 6 nitrogen and oxygen atoms in total. The Kier molecular flexibility index (Phi) is 5.36. The average Bonchev–Trinajstić information content (AvgIpc) is 2.88. The highest BCUT2D eigenvalue weighted by Gasteiger charge is 2.19. The molecule has 0 unspecified atom stereocenters. The second-order valence-corrected chi connectivity index (χ2v) is 7.16. The van der Waals surface area contributed by atoms with Crippen LogP contribution in [-0.2, 0) is 21.3 Å². The number of sulfonamides is 1. The van der Waals surface area contributed by atoms with Crippen LogP contribution in [0.25, 0.3) is 0 Å². The molecule has 0 aliphatic carbocycles. The zero-order chi connectivity index (χ0) is 17.2. The third-order valence-corrected chi connectivity index (χ3v) is 5.15. The SMILES string of the molecule is COC(=O)c1cc(CNS(=O)(=O)c2ccc(Cl)c(Cl)c2)oc1C. The van der Waals surface area contributed by atoms with Gasteiger partial charge in [0.05, 0.1) is 28.6 Å². The van der Waals surface area contributed by atoms with E-state index in [0.29, 0.717) is 5.76 Å². The van der Waals surface area contributed by atoms with E-state index in [1.54, 1.807) is 6.92 Å². The van der Waals surface area contributed by atoms with E-state index in [2.05, 4.69) is 9.46 Å². The molecule has 124 valence electrons. The van der Waals surface area contributed by atoms with Crippen molar-refractivity contribution >= 4 is 39.2 Å². The van der Waals surface area contributed by atoms with Crippen molar-refractivity contribution in [3.05, 3.63) is 51.4 Å². The first-order valence-electron chi connectivity index (χ1n) is 6.37. The summed E-state index contributed by atoms with van der Waals surface area (Å²) in [4.78, 5) is 11.5. The van der Waals surface area contributed by atoms with E-state index < -0.39 is 16.0 Å². The van der Waals surface area contributed by atoms with Crippen molar-refractivity contribution in [3.63, 3.8) is 0 Å². The van der Waals surface area contributed by atoms with Crippen LogP contribution in [-0.4, -0.2) is 21.5 Å². The zero-order valence-electron chi connectivity index (χ0n) is 12.2. The molecule has 1 heterocycles. The maximum absolute atomic E-state index is 12.2. The van der Waals surface area contributed by atoms with Gasteiger partial charge in [-0.15, -0.1) is 0 Å². The molecule has 2 rings (SSSR count). The van der Waals surface area contributed by atoms with Crippen LogP contribution in [0.2, 0.25) is 10.0 Å². The van der Waals surface area contributed by atoms with Gasteiger partial charge in [-0.1, -0.05) is 23.2 Å². The van der Waals surface area contributed by atoms with Crippen LogP contribution in [0.5, 0.6) is 0 Å². The highest BCUT2D eigenvalue weighted by molar-refractivity contribution is 7.89. The van der Waals surface area contributed by atoms with E-state index in [9.17, 15) is 13.2 Å². The first kappa shape index (κ1) is 17.8. The van der Waals surface area contributed by atoms with E-state index in [0.717, 1.165) is 0 Å². The van der Waals surface area contributed by atoms with Crippen molar-refractivity contribution in [1.29, 1.82) is 0 Å². The Labute approximate surface area is 143 Å². The number of carbonyl (C=O) groups is 1. The molecule has 2 aromatic rings. The molecule has 9 heteroatoms. The number of rotatable bonds is 5. The summed E-state index contributed by atoms with van der Waals surface area (Å²) in [7, 11) is -2.54. The van der Waals surface area contributed by atoms with Gasteiger partial charge in [-0.3, -0.25) is 0 Å². The molecule has 0 spiro atoms. The Hall–Kier alpha value is -1.54. The molecule has 0 amide bonds. The zero-order valence-corrected chi connectivity index (χ0v) is 14.6. The monoisotopic (exact) mass is 377 g/mol. The average molecular weight is 378 g/mol. The van der Waals surface area contributed by atoms with Gasteiger partial charge in [0.25, 0.3) is 0 Å². The molecule has 0 saturated carbocycles. The minimum absolute atomic E-state index is 0.0247. The molecule has 0 atom stereocenters. The molecule has 1 aromatic carbocycles. The number of esters is 1. The van der Waals surface area contributed by atoms with Crippen LogP contribution in [0.1, 0.15) is 21.9 Å². The first-order chi connectivity index (χ1) is 10.7. The predicted octanol–water partition coefficient (Wildman–Crippen LogP) is 3.16. The Bertz CT molecular complexity index is 845. The highest BCUT2D eigenvalue weighted by atomic mass is 35.5. The number of carbonyl (C=O) groups excluding carboxylic acids is 1. The lowest BCUT2D eigenvalue weighted by Crippen LogP contribution is -2.23. The molecular weight excluding hydrogens is 365 g/mol. The second kappa shape index (κ2) is 6.92. The minimum Gasteiger partial charge on any atom is -0.465 e. The number of ether oxygens (including phenoxy) is 1. The van der Waals surface area contributed by atoms with Crippen molar-refractivity contribution in [3.8, 4) is 0 Å². The molecule has 0 saturated heterocycles. The summed E-state index contributed by atoms with van der Waals surface area (Å²) in [6.45, 7) is 1.46. The fraction of sp³-hybridized carbons (Fsp3) is 0.214. The Morgan fingerprint density at radius 1 is 1.26 bits per heavy atom. The topological polar surface area (TPSA) is 85.6 Å². The molecule has 0 bridgehead atoms. The normalized spacial score (nSPS) is 11.5. The van der Waals surface area contributed by atoms with Gasteiger partial charge in [-0.25, -0.2) is 17.9 Å². The second-order valence-electron chi connectivity index (χ2n) is 4.57. The van der Waals surface area contributed by atoms with Crippen molar-refractivity contribution in [1.82, 2.24) is 4.72 Å². The molecule has 23 heavy (non-hydrogen) atoms. The minimum atomic E-state index is -3.80. The number of methoxy groups -OCH3 is 1. The molecule has 1 N–H and O–H groups in total. The van der Waals surface area contributed by atoms with Crippen LogP contribution in [0.4, 0.5) is 0 Å². The largest absolute Gasteiger partial charge is 0.465 e. The molecule has 0 fully saturated rings. The molecule has 1 aromatic heterocycles. The smallest absolute Gasteiger partial charge is 0.341 e. The van der Waals surface area contributed by atoms with E-state index in [1.807, 2.05) is 0 Å². The van der Waals surface area contributed by atoms with Crippen LogP contribution < -0.4 is 4.72 Å². The lowest BCUT2D eigenvalue weighted by atomic mass is 10.2. The molecular formula is C14H13Cl2NO5S. The number of benzene rings is 1. The van der Waals surface area contributed by atoms with E-state index in [-0.39, 0.29) is 32.8 Å². The number of hydrogen-bond donors (Lipinski definition) is 1. The van der Waals surface area contributed by atoms with Crippen molar-refractivity contribution < 1.29 is 22.4 Å².